The van der Waals surface area contributed by atoms with Gasteiger partial charge in [-0.15, -0.1) is 10.2 Å². The molecule has 0 aliphatic carbocycles. The molecule has 2 rings (SSSR count). The van der Waals surface area contributed by atoms with E-state index in [0.717, 1.165) is 23.9 Å². The van der Waals surface area contributed by atoms with E-state index in [9.17, 15) is 22.8 Å². The number of alkyl halides is 3. The molecule has 2 amide bonds. The molecule has 25 heavy (non-hydrogen) atoms. The Morgan fingerprint density at radius 2 is 1.88 bits per heavy atom. The Hall–Kier alpha value is -2.56. The molecule has 0 saturated carbocycles. The highest BCUT2D eigenvalue weighted by molar-refractivity contribution is 7.99. The first kappa shape index (κ1) is 18.8. The second-order valence-electron chi connectivity index (χ2n) is 4.99. The number of carbonyl (C=O) groups excluding carboxylic acids is 2. The van der Waals surface area contributed by atoms with Gasteiger partial charge in [0.15, 0.2) is 5.16 Å². The van der Waals surface area contributed by atoms with E-state index in [1.165, 1.54) is 16.7 Å². The summed E-state index contributed by atoms with van der Waals surface area (Å²) in [4.78, 5) is 22.9. The Bertz CT molecular complexity index is 774. The van der Waals surface area contributed by atoms with Crippen LogP contribution in [0.2, 0.25) is 0 Å². The molecule has 1 aromatic heterocycles. The number of primary amides is 1. The van der Waals surface area contributed by atoms with Crippen molar-refractivity contribution in [1.29, 1.82) is 0 Å². The molecular formula is C14H14F3N5O2S. The zero-order valence-electron chi connectivity index (χ0n) is 13.0. The molecule has 3 N–H and O–H groups in total. The fourth-order valence-corrected chi connectivity index (χ4v) is 2.66. The van der Waals surface area contributed by atoms with Gasteiger partial charge in [-0.05, 0) is 31.2 Å². The lowest BCUT2D eigenvalue weighted by molar-refractivity contribution is -0.137. The van der Waals surface area contributed by atoms with Crippen molar-refractivity contribution in [2.75, 3.05) is 11.1 Å². The molecule has 0 atom stereocenters. The largest absolute Gasteiger partial charge is 0.416 e. The minimum absolute atomic E-state index is 0.0576. The highest BCUT2D eigenvalue weighted by Crippen LogP contribution is 2.29. The number of benzene rings is 1. The summed E-state index contributed by atoms with van der Waals surface area (Å²) in [6, 6.07) is 4.11. The van der Waals surface area contributed by atoms with E-state index < -0.39 is 23.6 Å². The zero-order valence-corrected chi connectivity index (χ0v) is 13.8. The molecule has 0 unspecified atom stereocenters. The average molecular weight is 373 g/mol. The Balaban J connectivity index is 1.94. The molecule has 0 saturated heterocycles. The number of aryl methyl sites for hydroxylation is 1. The van der Waals surface area contributed by atoms with E-state index in [1.54, 1.807) is 6.92 Å². The molecule has 0 aliphatic rings. The molecule has 0 aliphatic heterocycles. The monoisotopic (exact) mass is 373 g/mol. The van der Waals surface area contributed by atoms with Crippen LogP contribution in [0.5, 0.6) is 0 Å². The highest BCUT2D eigenvalue weighted by atomic mass is 32.2. The standard InChI is InChI=1S/C14H14F3N5O2S/c1-8-20-21-13(22(8)6-11(18)23)25-7-12(24)19-10-4-2-9(3-5-10)14(15,16)17/h2-5H,6-7H2,1H3,(H2,18,23)(H,19,24). The van der Waals surface area contributed by atoms with E-state index in [-0.39, 0.29) is 18.0 Å². The molecule has 0 radical (unpaired) electrons. The summed E-state index contributed by atoms with van der Waals surface area (Å²) in [5.41, 5.74) is 4.59. The lowest BCUT2D eigenvalue weighted by atomic mass is 10.2. The van der Waals surface area contributed by atoms with Gasteiger partial charge in [0.25, 0.3) is 0 Å². The van der Waals surface area contributed by atoms with Crippen molar-refractivity contribution in [3.8, 4) is 0 Å². The van der Waals surface area contributed by atoms with Crippen molar-refractivity contribution in [1.82, 2.24) is 14.8 Å². The fraction of sp³-hybridized carbons (Fsp3) is 0.286. The normalized spacial score (nSPS) is 11.4. The van der Waals surface area contributed by atoms with Gasteiger partial charge in [0, 0.05) is 5.69 Å². The average Bonchev–Trinajstić information content (AvgIpc) is 2.85. The Kier molecular flexibility index (Phi) is 5.67. The van der Waals surface area contributed by atoms with Crippen LogP contribution in [0.25, 0.3) is 0 Å². The van der Waals surface area contributed by atoms with Gasteiger partial charge >= 0.3 is 6.18 Å². The first-order valence-electron chi connectivity index (χ1n) is 6.95. The molecule has 11 heteroatoms. The van der Waals surface area contributed by atoms with E-state index in [0.29, 0.717) is 11.0 Å². The van der Waals surface area contributed by atoms with Crippen LogP contribution in [0.3, 0.4) is 0 Å². The molecular weight excluding hydrogens is 359 g/mol. The molecule has 0 fully saturated rings. The topological polar surface area (TPSA) is 103 Å². The van der Waals surface area contributed by atoms with Crippen LogP contribution in [0, 0.1) is 6.92 Å². The lowest BCUT2D eigenvalue weighted by Gasteiger charge is -2.09. The maximum atomic E-state index is 12.5. The van der Waals surface area contributed by atoms with Crippen molar-refractivity contribution in [3.63, 3.8) is 0 Å². The molecule has 7 nitrogen and oxygen atoms in total. The molecule has 1 heterocycles. The maximum absolute atomic E-state index is 12.5. The van der Waals surface area contributed by atoms with Gasteiger partial charge in [0.2, 0.25) is 11.8 Å². The van der Waals surface area contributed by atoms with Gasteiger partial charge in [0.05, 0.1) is 11.3 Å². The maximum Gasteiger partial charge on any atom is 0.416 e. The first-order chi connectivity index (χ1) is 11.7. The van der Waals surface area contributed by atoms with Crippen LogP contribution in [0.15, 0.2) is 29.4 Å². The molecule has 2 aromatic rings. The van der Waals surface area contributed by atoms with Crippen molar-refractivity contribution in [2.45, 2.75) is 24.8 Å². The number of carbonyl (C=O) groups is 2. The van der Waals surface area contributed by atoms with Gasteiger partial charge in [-0.25, -0.2) is 0 Å². The van der Waals surface area contributed by atoms with Crippen LogP contribution in [0.4, 0.5) is 18.9 Å². The minimum atomic E-state index is -4.43. The second-order valence-corrected chi connectivity index (χ2v) is 5.94. The number of hydrogen-bond donors (Lipinski definition) is 2. The Labute approximate surface area is 144 Å². The quantitative estimate of drug-likeness (QED) is 0.752. The number of nitrogens with zero attached hydrogens (tertiary/aromatic N) is 3. The first-order valence-corrected chi connectivity index (χ1v) is 7.93. The Morgan fingerprint density at radius 3 is 2.44 bits per heavy atom. The van der Waals surface area contributed by atoms with Crippen LogP contribution in [-0.2, 0) is 22.3 Å². The number of anilines is 1. The van der Waals surface area contributed by atoms with Crippen molar-refractivity contribution < 1.29 is 22.8 Å². The zero-order chi connectivity index (χ0) is 18.6. The summed E-state index contributed by atoms with van der Waals surface area (Å²) in [6.07, 6.45) is -4.43. The number of nitrogens with one attached hydrogen (secondary N) is 1. The predicted molar refractivity (Wildman–Crippen MR) is 84.8 cm³/mol. The fourth-order valence-electron chi connectivity index (χ4n) is 1.88. The summed E-state index contributed by atoms with van der Waals surface area (Å²) in [5, 5.41) is 10.5. The molecule has 0 bridgehead atoms. The van der Waals surface area contributed by atoms with E-state index >= 15 is 0 Å². The van der Waals surface area contributed by atoms with Crippen LogP contribution in [-0.4, -0.2) is 32.3 Å². The van der Waals surface area contributed by atoms with Gasteiger partial charge < -0.3 is 11.1 Å². The van der Waals surface area contributed by atoms with E-state index in [4.69, 9.17) is 5.73 Å². The number of rotatable bonds is 6. The van der Waals surface area contributed by atoms with Crippen LogP contribution < -0.4 is 11.1 Å². The Morgan fingerprint density at radius 1 is 1.24 bits per heavy atom. The number of thioether (sulfide) groups is 1. The summed E-state index contributed by atoms with van der Waals surface area (Å²) in [6.45, 7) is 1.53. The predicted octanol–water partition coefficient (Wildman–Crippen LogP) is 1.82. The van der Waals surface area contributed by atoms with Gasteiger partial charge in [-0.2, -0.15) is 13.2 Å². The number of halogens is 3. The third kappa shape index (κ3) is 5.21. The molecule has 1 aromatic carbocycles. The van der Waals surface area contributed by atoms with Gasteiger partial charge in [-0.1, -0.05) is 11.8 Å². The SMILES string of the molecule is Cc1nnc(SCC(=O)Nc2ccc(C(F)(F)F)cc2)n1CC(N)=O. The van der Waals surface area contributed by atoms with Crippen molar-refractivity contribution in [2.24, 2.45) is 5.73 Å². The van der Waals surface area contributed by atoms with E-state index in [1.807, 2.05) is 0 Å². The molecule has 134 valence electrons. The summed E-state index contributed by atoms with van der Waals surface area (Å²) >= 11 is 1.03. The van der Waals surface area contributed by atoms with Gasteiger partial charge in [0.1, 0.15) is 12.4 Å². The van der Waals surface area contributed by atoms with E-state index in [2.05, 4.69) is 15.5 Å². The second kappa shape index (κ2) is 7.55. The highest BCUT2D eigenvalue weighted by Gasteiger charge is 2.30. The van der Waals surface area contributed by atoms with Gasteiger partial charge in [-0.3, -0.25) is 14.2 Å². The lowest BCUT2D eigenvalue weighted by Crippen LogP contribution is -2.20. The number of hydrogen-bond acceptors (Lipinski definition) is 5. The summed E-state index contributed by atoms with van der Waals surface area (Å²) in [5.74, 6) is -0.586. The van der Waals surface area contributed by atoms with Crippen molar-refractivity contribution >= 4 is 29.3 Å². The van der Waals surface area contributed by atoms with Crippen LogP contribution in [0.1, 0.15) is 11.4 Å². The molecule has 0 spiro atoms. The van der Waals surface area contributed by atoms with Crippen LogP contribution >= 0.6 is 11.8 Å². The number of amides is 2. The number of aromatic nitrogens is 3. The summed E-state index contributed by atoms with van der Waals surface area (Å²) in [7, 11) is 0. The summed E-state index contributed by atoms with van der Waals surface area (Å²) < 4.78 is 38.9. The third-order valence-electron chi connectivity index (χ3n) is 3.04. The number of nitrogens with two attached hydrogens (primary N) is 1. The third-order valence-corrected chi connectivity index (χ3v) is 4.01. The minimum Gasteiger partial charge on any atom is -0.368 e. The van der Waals surface area contributed by atoms with Crippen molar-refractivity contribution in [3.05, 3.63) is 35.7 Å². The smallest absolute Gasteiger partial charge is 0.368 e.